The van der Waals surface area contributed by atoms with Gasteiger partial charge in [-0.3, -0.25) is 0 Å². The summed E-state index contributed by atoms with van der Waals surface area (Å²) in [5.74, 6) is 0. The smallest absolute Gasteiger partial charge is 0.123 e. The minimum atomic E-state index is -0.413. The molecular weight excluding hydrogens is 761 g/mol. The zero-order valence-electron chi connectivity index (χ0n) is 34.3. The lowest BCUT2D eigenvalue weighted by atomic mass is 9.70. The Morgan fingerprint density at radius 1 is 0.333 bits per heavy atom. The summed E-state index contributed by atoms with van der Waals surface area (Å²) in [6.45, 7) is 0. The topological polar surface area (TPSA) is 15.3 Å². The quantitative estimate of drug-likeness (QED) is 0.187. The number of allylic oxidation sites excluding steroid dienone is 2. The lowest BCUT2D eigenvalue weighted by Gasteiger charge is -2.31. The molecule has 0 saturated carbocycles. The van der Waals surface area contributed by atoms with Crippen LogP contribution in [0.4, 0.5) is 11.4 Å². The Morgan fingerprint density at radius 2 is 0.730 bits per heavy atom. The third kappa shape index (κ3) is 4.01. The van der Waals surface area contributed by atoms with Gasteiger partial charge in [0.15, 0.2) is 0 Å². The fourth-order valence-corrected chi connectivity index (χ4v) is 12.9. The van der Waals surface area contributed by atoms with Gasteiger partial charge in [0.2, 0.25) is 0 Å². The SMILES string of the molecule is C1=CC2Nc3c(-c4ccc5c(c4)C4(c6ccccc6-c6ccccc64)c4ccccc4-5)cc(-c4ccc5c(c4)C4(c6ccccc6-c6ccccc64)c4ccccc4-5)cc3N2C=C1. The number of anilines is 2. The molecule has 4 aliphatic carbocycles. The Hall–Kier alpha value is -7.94. The maximum Gasteiger partial charge on any atom is 0.123 e. The predicted molar refractivity (Wildman–Crippen MR) is 258 cm³/mol. The molecule has 9 aromatic carbocycles. The van der Waals surface area contributed by atoms with Gasteiger partial charge in [0.1, 0.15) is 6.17 Å². The Balaban J connectivity index is 0.975. The van der Waals surface area contributed by atoms with Crippen LogP contribution >= 0.6 is 0 Å². The molecule has 292 valence electrons. The van der Waals surface area contributed by atoms with Crippen molar-refractivity contribution in [3.8, 4) is 66.8 Å². The molecule has 2 aliphatic heterocycles. The van der Waals surface area contributed by atoms with Gasteiger partial charge in [-0.15, -0.1) is 0 Å². The van der Waals surface area contributed by atoms with Gasteiger partial charge in [0.25, 0.3) is 0 Å². The Morgan fingerprint density at radius 3 is 1.19 bits per heavy atom. The van der Waals surface area contributed by atoms with Crippen LogP contribution in [-0.2, 0) is 10.8 Å². The van der Waals surface area contributed by atoms with Gasteiger partial charge in [0, 0.05) is 11.8 Å². The van der Waals surface area contributed by atoms with Gasteiger partial charge >= 0.3 is 0 Å². The largest absolute Gasteiger partial charge is 0.359 e. The number of rotatable bonds is 2. The molecule has 2 heterocycles. The van der Waals surface area contributed by atoms with Crippen molar-refractivity contribution >= 4 is 11.4 Å². The van der Waals surface area contributed by atoms with E-state index in [-0.39, 0.29) is 6.17 Å². The van der Waals surface area contributed by atoms with E-state index >= 15 is 0 Å². The molecule has 1 N–H and O–H groups in total. The van der Waals surface area contributed by atoms with Crippen LogP contribution in [0.25, 0.3) is 66.8 Å². The number of fused-ring (bicyclic) bond motifs is 23. The number of nitrogens with one attached hydrogen (secondary N) is 1. The fourth-order valence-electron chi connectivity index (χ4n) is 12.9. The number of nitrogens with zero attached hydrogens (tertiary/aromatic N) is 1. The summed E-state index contributed by atoms with van der Waals surface area (Å²) in [6.07, 6.45) is 8.83. The first-order valence-electron chi connectivity index (χ1n) is 22.2. The van der Waals surface area contributed by atoms with Gasteiger partial charge < -0.3 is 10.2 Å². The molecule has 0 amide bonds. The van der Waals surface area contributed by atoms with Crippen LogP contribution in [0.5, 0.6) is 0 Å². The molecule has 63 heavy (non-hydrogen) atoms. The van der Waals surface area contributed by atoms with Gasteiger partial charge in [-0.25, -0.2) is 0 Å². The lowest BCUT2D eigenvalue weighted by molar-refractivity contribution is 0.794. The molecule has 0 saturated heterocycles. The highest BCUT2D eigenvalue weighted by atomic mass is 15.3. The number of hydrogen-bond acceptors (Lipinski definition) is 2. The van der Waals surface area contributed by atoms with Crippen molar-refractivity contribution in [1.82, 2.24) is 0 Å². The van der Waals surface area contributed by atoms with Gasteiger partial charge in [-0.2, -0.15) is 0 Å². The molecule has 6 aliphatic rings. The summed E-state index contributed by atoms with van der Waals surface area (Å²) in [4.78, 5) is 2.39. The van der Waals surface area contributed by atoms with Crippen LogP contribution in [0.15, 0.2) is 219 Å². The molecule has 1 atom stereocenters. The van der Waals surface area contributed by atoms with E-state index in [0.717, 1.165) is 0 Å². The van der Waals surface area contributed by atoms with E-state index in [1.165, 1.54) is 123 Å². The zero-order chi connectivity index (χ0) is 41.0. The minimum Gasteiger partial charge on any atom is -0.359 e. The summed E-state index contributed by atoms with van der Waals surface area (Å²) in [6, 6.07) is 74.0. The van der Waals surface area contributed by atoms with Gasteiger partial charge in [-0.05, 0) is 142 Å². The van der Waals surface area contributed by atoms with E-state index in [0.29, 0.717) is 0 Å². The second kappa shape index (κ2) is 11.9. The van der Waals surface area contributed by atoms with E-state index in [2.05, 4.69) is 229 Å². The van der Waals surface area contributed by atoms with Crippen molar-refractivity contribution in [3.05, 3.63) is 263 Å². The molecular formula is C61H38N2. The first kappa shape index (κ1) is 33.7. The molecule has 9 aromatic rings. The van der Waals surface area contributed by atoms with Crippen molar-refractivity contribution in [3.63, 3.8) is 0 Å². The van der Waals surface area contributed by atoms with Crippen LogP contribution in [0.3, 0.4) is 0 Å². The highest BCUT2D eigenvalue weighted by molar-refractivity contribution is 6.01. The minimum absolute atomic E-state index is 0.0434. The lowest BCUT2D eigenvalue weighted by Crippen LogP contribution is -2.30. The fraction of sp³-hybridized carbons (Fsp3) is 0.0492. The summed E-state index contributed by atoms with van der Waals surface area (Å²) >= 11 is 0. The molecule has 0 fully saturated rings. The van der Waals surface area contributed by atoms with E-state index in [1.54, 1.807) is 0 Å². The van der Waals surface area contributed by atoms with E-state index < -0.39 is 10.8 Å². The Bertz CT molecular complexity index is 3460. The van der Waals surface area contributed by atoms with Gasteiger partial charge in [-0.1, -0.05) is 176 Å². The van der Waals surface area contributed by atoms with Crippen molar-refractivity contribution in [2.24, 2.45) is 0 Å². The predicted octanol–water partition coefficient (Wildman–Crippen LogP) is 14.3. The summed E-state index contributed by atoms with van der Waals surface area (Å²) in [7, 11) is 0. The molecule has 2 spiro atoms. The standard InChI is InChI=1S/C61H38N2/c1-7-21-49-40(15-1)41-16-2-8-22-50(41)60(49)53-25-11-5-19-44(53)46-30-28-37(34-55(46)60)39-33-48(59-57(36-39)63-32-14-13-27-58(63)62-59)38-29-31-47-45-20-6-12-26-54(45)61(56(47)35-38)51-23-9-3-17-42(51)43-18-4-10-24-52(43)61/h1-36,58,62H. The molecule has 0 aromatic heterocycles. The molecule has 15 rings (SSSR count). The summed E-state index contributed by atoms with van der Waals surface area (Å²) < 4.78 is 0. The maximum absolute atomic E-state index is 3.96. The van der Waals surface area contributed by atoms with E-state index in [9.17, 15) is 0 Å². The molecule has 1 unspecified atom stereocenters. The van der Waals surface area contributed by atoms with E-state index in [4.69, 9.17) is 0 Å². The van der Waals surface area contributed by atoms with Gasteiger partial charge in [0.05, 0.1) is 22.2 Å². The molecule has 2 nitrogen and oxygen atoms in total. The summed E-state index contributed by atoms with van der Waals surface area (Å²) in [5.41, 5.74) is 27.8. The first-order valence-corrected chi connectivity index (χ1v) is 22.2. The third-order valence-corrected chi connectivity index (χ3v) is 15.3. The second-order valence-electron chi connectivity index (χ2n) is 17.9. The highest BCUT2D eigenvalue weighted by Gasteiger charge is 2.53. The average Bonchev–Trinajstić information content (AvgIpc) is 4.12. The zero-order valence-corrected chi connectivity index (χ0v) is 34.3. The van der Waals surface area contributed by atoms with Crippen molar-refractivity contribution in [1.29, 1.82) is 0 Å². The summed E-state index contributed by atoms with van der Waals surface area (Å²) in [5, 5.41) is 3.96. The van der Waals surface area contributed by atoms with Crippen molar-refractivity contribution in [2.45, 2.75) is 17.0 Å². The highest BCUT2D eigenvalue weighted by Crippen LogP contribution is 2.65. The first-order chi connectivity index (χ1) is 31.2. The molecule has 2 heteroatoms. The Kier molecular flexibility index (Phi) is 6.38. The van der Waals surface area contributed by atoms with Crippen LogP contribution in [-0.4, -0.2) is 6.17 Å². The third-order valence-electron chi connectivity index (χ3n) is 15.3. The normalized spacial score (nSPS) is 17.0. The second-order valence-corrected chi connectivity index (χ2v) is 17.9. The number of benzene rings is 9. The van der Waals surface area contributed by atoms with Crippen molar-refractivity contribution in [2.75, 3.05) is 10.2 Å². The van der Waals surface area contributed by atoms with Crippen molar-refractivity contribution < 1.29 is 0 Å². The monoisotopic (exact) mass is 798 g/mol. The number of hydrogen-bond donors (Lipinski definition) is 1. The maximum atomic E-state index is 3.96. The van der Waals surface area contributed by atoms with Crippen LogP contribution in [0.2, 0.25) is 0 Å². The Labute approximate surface area is 366 Å². The molecule has 0 bridgehead atoms. The van der Waals surface area contributed by atoms with Crippen LogP contribution < -0.4 is 10.2 Å². The van der Waals surface area contributed by atoms with Crippen LogP contribution in [0, 0.1) is 0 Å². The van der Waals surface area contributed by atoms with E-state index in [1.807, 2.05) is 0 Å². The molecule has 0 radical (unpaired) electrons. The van der Waals surface area contributed by atoms with Crippen LogP contribution in [0.1, 0.15) is 44.5 Å². The average molecular weight is 799 g/mol.